The van der Waals surface area contributed by atoms with Crippen molar-refractivity contribution in [1.82, 2.24) is 14.8 Å². The van der Waals surface area contributed by atoms with Gasteiger partial charge in [-0.1, -0.05) is 23.3 Å². The van der Waals surface area contributed by atoms with E-state index < -0.39 is 0 Å². The SMILES string of the molecule is Cc1cc(C)cc(C(=O)N2C[C@H]3OCCN(Cc4cccnc4)[C@H]3C2)c1. The largest absolute Gasteiger partial charge is 0.373 e. The lowest BCUT2D eigenvalue weighted by atomic mass is 10.1. The number of likely N-dealkylation sites (tertiary alicyclic amines) is 1. The molecule has 0 bridgehead atoms. The van der Waals surface area contributed by atoms with E-state index in [4.69, 9.17) is 4.74 Å². The number of ether oxygens (including phenoxy) is 1. The number of hydrogen-bond donors (Lipinski definition) is 0. The topological polar surface area (TPSA) is 45.7 Å². The summed E-state index contributed by atoms with van der Waals surface area (Å²) < 4.78 is 5.98. The number of nitrogens with zero attached hydrogens (tertiary/aromatic N) is 3. The molecule has 26 heavy (non-hydrogen) atoms. The second-order valence-corrected chi connectivity index (χ2v) is 7.39. The van der Waals surface area contributed by atoms with Gasteiger partial charge in [-0.2, -0.15) is 0 Å². The molecule has 1 aromatic carbocycles. The summed E-state index contributed by atoms with van der Waals surface area (Å²) >= 11 is 0. The van der Waals surface area contributed by atoms with E-state index in [2.05, 4.69) is 22.0 Å². The standard InChI is InChI=1S/C21H25N3O2/c1-15-8-16(2)10-18(9-15)21(25)24-13-19-20(14-24)26-7-6-23(19)12-17-4-3-5-22-11-17/h3-5,8-11,19-20H,6-7,12-14H2,1-2H3/t19-,20+/m0/s1. The number of rotatable bonds is 3. The van der Waals surface area contributed by atoms with E-state index in [9.17, 15) is 4.79 Å². The van der Waals surface area contributed by atoms with Crippen LogP contribution in [0.25, 0.3) is 0 Å². The van der Waals surface area contributed by atoms with Crippen molar-refractivity contribution in [2.24, 2.45) is 0 Å². The first kappa shape index (κ1) is 17.2. The highest BCUT2D eigenvalue weighted by molar-refractivity contribution is 5.95. The zero-order valence-electron chi connectivity index (χ0n) is 15.4. The van der Waals surface area contributed by atoms with Crippen LogP contribution in [0, 0.1) is 13.8 Å². The van der Waals surface area contributed by atoms with E-state index in [1.54, 1.807) is 6.20 Å². The van der Waals surface area contributed by atoms with E-state index in [0.717, 1.165) is 36.3 Å². The number of fused-ring (bicyclic) bond motifs is 1. The maximum absolute atomic E-state index is 13.0. The monoisotopic (exact) mass is 351 g/mol. The van der Waals surface area contributed by atoms with Gasteiger partial charge < -0.3 is 9.64 Å². The minimum atomic E-state index is 0.0928. The fraction of sp³-hybridized carbons (Fsp3) is 0.429. The van der Waals surface area contributed by atoms with Gasteiger partial charge in [-0.15, -0.1) is 0 Å². The predicted molar refractivity (Wildman–Crippen MR) is 100.0 cm³/mol. The van der Waals surface area contributed by atoms with Crippen molar-refractivity contribution >= 4 is 5.91 Å². The van der Waals surface area contributed by atoms with Gasteiger partial charge in [0.15, 0.2) is 0 Å². The summed E-state index contributed by atoms with van der Waals surface area (Å²) in [5.41, 5.74) is 4.23. The minimum Gasteiger partial charge on any atom is -0.373 e. The van der Waals surface area contributed by atoms with Crippen molar-refractivity contribution in [3.8, 4) is 0 Å². The Morgan fingerprint density at radius 3 is 2.77 bits per heavy atom. The van der Waals surface area contributed by atoms with Crippen molar-refractivity contribution in [3.05, 3.63) is 65.0 Å². The molecular formula is C21H25N3O2. The third-order valence-electron chi connectivity index (χ3n) is 5.28. The van der Waals surface area contributed by atoms with Crippen molar-refractivity contribution in [3.63, 3.8) is 0 Å². The molecule has 2 atom stereocenters. The Bertz CT molecular complexity index is 773. The lowest BCUT2D eigenvalue weighted by Crippen LogP contribution is -2.50. The number of hydrogen-bond acceptors (Lipinski definition) is 4. The van der Waals surface area contributed by atoms with Gasteiger partial charge in [-0.3, -0.25) is 14.7 Å². The Hall–Kier alpha value is -2.24. The van der Waals surface area contributed by atoms with Crippen LogP contribution in [0.4, 0.5) is 0 Å². The Morgan fingerprint density at radius 2 is 2.04 bits per heavy atom. The van der Waals surface area contributed by atoms with Gasteiger partial charge >= 0.3 is 0 Å². The Morgan fingerprint density at radius 1 is 1.23 bits per heavy atom. The van der Waals surface area contributed by atoms with Crippen LogP contribution in [-0.2, 0) is 11.3 Å². The molecule has 2 saturated heterocycles. The summed E-state index contributed by atoms with van der Waals surface area (Å²) in [4.78, 5) is 21.6. The van der Waals surface area contributed by atoms with E-state index >= 15 is 0 Å². The van der Waals surface area contributed by atoms with Crippen LogP contribution < -0.4 is 0 Å². The van der Waals surface area contributed by atoms with Gasteiger partial charge in [0.2, 0.25) is 0 Å². The Labute approximate surface area is 154 Å². The first-order chi connectivity index (χ1) is 12.6. The summed E-state index contributed by atoms with van der Waals surface area (Å²) in [6.45, 7) is 7.91. The predicted octanol–water partition coefficient (Wildman–Crippen LogP) is 2.42. The summed E-state index contributed by atoms with van der Waals surface area (Å²) in [6, 6.07) is 10.4. The van der Waals surface area contributed by atoms with Crippen LogP contribution in [-0.4, -0.2) is 59.1 Å². The number of carbonyl (C=O) groups is 1. The number of benzene rings is 1. The number of amides is 1. The van der Waals surface area contributed by atoms with E-state index in [0.29, 0.717) is 13.2 Å². The molecule has 0 aliphatic carbocycles. The first-order valence-electron chi connectivity index (χ1n) is 9.22. The fourth-order valence-electron chi connectivity index (χ4n) is 4.13. The Kier molecular flexibility index (Phi) is 4.74. The van der Waals surface area contributed by atoms with Crippen molar-refractivity contribution in [2.45, 2.75) is 32.5 Å². The molecular weight excluding hydrogens is 326 g/mol. The normalized spacial score (nSPS) is 23.1. The van der Waals surface area contributed by atoms with Crippen molar-refractivity contribution in [1.29, 1.82) is 0 Å². The van der Waals surface area contributed by atoms with Crippen LogP contribution in [0.3, 0.4) is 0 Å². The van der Waals surface area contributed by atoms with Gasteiger partial charge in [-0.25, -0.2) is 0 Å². The van der Waals surface area contributed by atoms with Gasteiger partial charge in [0.1, 0.15) is 0 Å². The quantitative estimate of drug-likeness (QED) is 0.852. The molecule has 2 fully saturated rings. The number of carbonyl (C=O) groups excluding carboxylic acids is 1. The maximum atomic E-state index is 13.0. The molecule has 4 rings (SSSR count). The molecule has 1 aromatic heterocycles. The second kappa shape index (κ2) is 7.17. The summed E-state index contributed by atoms with van der Waals surface area (Å²) in [5.74, 6) is 0.108. The molecule has 2 aliphatic heterocycles. The van der Waals surface area contributed by atoms with Crippen molar-refractivity contribution < 1.29 is 9.53 Å². The second-order valence-electron chi connectivity index (χ2n) is 7.39. The average Bonchev–Trinajstić information content (AvgIpc) is 3.06. The molecule has 3 heterocycles. The molecule has 1 amide bonds. The van der Waals surface area contributed by atoms with Gasteiger partial charge in [0.25, 0.3) is 5.91 Å². The highest BCUT2D eigenvalue weighted by Gasteiger charge is 2.41. The minimum absolute atomic E-state index is 0.0928. The number of aryl methyl sites for hydroxylation is 2. The van der Waals surface area contributed by atoms with Gasteiger partial charge in [0.05, 0.1) is 18.8 Å². The molecule has 5 heteroatoms. The van der Waals surface area contributed by atoms with Crippen LogP contribution in [0.2, 0.25) is 0 Å². The van der Waals surface area contributed by atoms with Crippen LogP contribution in [0.1, 0.15) is 27.0 Å². The van der Waals surface area contributed by atoms with Crippen LogP contribution >= 0.6 is 0 Å². The molecule has 0 N–H and O–H groups in total. The fourth-order valence-corrected chi connectivity index (χ4v) is 4.13. The lowest BCUT2D eigenvalue weighted by Gasteiger charge is -2.36. The third kappa shape index (κ3) is 3.50. The zero-order chi connectivity index (χ0) is 18.1. The van der Waals surface area contributed by atoms with E-state index in [-0.39, 0.29) is 18.1 Å². The van der Waals surface area contributed by atoms with Crippen LogP contribution in [0.15, 0.2) is 42.7 Å². The molecule has 136 valence electrons. The van der Waals surface area contributed by atoms with E-state index in [1.165, 1.54) is 5.56 Å². The van der Waals surface area contributed by atoms with Gasteiger partial charge in [0, 0.05) is 44.1 Å². The summed E-state index contributed by atoms with van der Waals surface area (Å²) in [7, 11) is 0. The summed E-state index contributed by atoms with van der Waals surface area (Å²) in [5, 5.41) is 0. The maximum Gasteiger partial charge on any atom is 0.254 e. The molecule has 2 aromatic rings. The highest BCUT2D eigenvalue weighted by atomic mass is 16.5. The first-order valence-corrected chi connectivity index (χ1v) is 9.22. The molecule has 0 unspecified atom stereocenters. The zero-order valence-corrected chi connectivity index (χ0v) is 15.4. The number of morpholine rings is 1. The van der Waals surface area contributed by atoms with E-state index in [1.807, 2.05) is 43.1 Å². The van der Waals surface area contributed by atoms with Crippen LogP contribution in [0.5, 0.6) is 0 Å². The van der Waals surface area contributed by atoms with Gasteiger partial charge in [-0.05, 0) is 37.6 Å². The number of aromatic nitrogens is 1. The Balaban J connectivity index is 1.49. The highest BCUT2D eigenvalue weighted by Crippen LogP contribution is 2.26. The smallest absolute Gasteiger partial charge is 0.254 e. The third-order valence-corrected chi connectivity index (χ3v) is 5.28. The van der Waals surface area contributed by atoms with Crippen molar-refractivity contribution in [2.75, 3.05) is 26.2 Å². The lowest BCUT2D eigenvalue weighted by molar-refractivity contribution is -0.0503. The number of pyridine rings is 1. The molecule has 0 radical (unpaired) electrons. The summed E-state index contributed by atoms with van der Waals surface area (Å²) in [6.07, 6.45) is 3.80. The molecule has 0 saturated carbocycles. The molecule has 5 nitrogen and oxygen atoms in total. The molecule has 2 aliphatic rings. The average molecular weight is 351 g/mol. The molecule has 0 spiro atoms.